The summed E-state index contributed by atoms with van der Waals surface area (Å²) in [4.78, 5) is 8.29. The largest absolute Gasteiger partial charge is 0.474 e. The van der Waals surface area contributed by atoms with E-state index >= 15 is 0 Å². The van der Waals surface area contributed by atoms with Crippen molar-refractivity contribution in [3.63, 3.8) is 0 Å². The van der Waals surface area contributed by atoms with Gasteiger partial charge < -0.3 is 10.1 Å². The standard InChI is InChI=1S/C23H24F3N7O/c1-27-20-10-19-17(12-29-20)21(14-11-30-32(2)13-14)31-33(19)15-5-7-16(8-6-15)34-22-18(23(24,25)26)4-3-9-28-22/h3-4,9-13,15-16H,5-8H2,1-2H3,(H,27,29)/t15-,16+. The van der Waals surface area contributed by atoms with Crippen molar-refractivity contribution in [3.05, 3.63) is 48.5 Å². The second-order valence-corrected chi connectivity index (χ2v) is 8.43. The van der Waals surface area contributed by atoms with Crippen LogP contribution in [0.25, 0.3) is 22.2 Å². The molecular weight excluding hydrogens is 447 g/mol. The first kappa shape index (κ1) is 22.2. The van der Waals surface area contributed by atoms with Crippen molar-refractivity contribution in [2.24, 2.45) is 7.05 Å². The summed E-state index contributed by atoms with van der Waals surface area (Å²) in [6.07, 6.45) is 4.62. The lowest BCUT2D eigenvalue weighted by Gasteiger charge is -2.29. The maximum absolute atomic E-state index is 13.3. The van der Waals surface area contributed by atoms with Crippen LogP contribution in [0.15, 0.2) is 43.0 Å². The molecule has 178 valence electrons. The Morgan fingerprint density at radius 3 is 2.59 bits per heavy atom. The minimum absolute atomic E-state index is 0.0886. The Hall–Kier alpha value is -3.63. The van der Waals surface area contributed by atoms with Crippen LogP contribution in [0.1, 0.15) is 37.3 Å². The first-order valence-electron chi connectivity index (χ1n) is 11.1. The van der Waals surface area contributed by atoms with E-state index in [4.69, 9.17) is 9.84 Å². The second-order valence-electron chi connectivity index (χ2n) is 8.43. The van der Waals surface area contributed by atoms with Gasteiger partial charge in [-0.3, -0.25) is 9.36 Å². The summed E-state index contributed by atoms with van der Waals surface area (Å²) in [5.41, 5.74) is 1.81. The SMILES string of the molecule is CNc1cc2c(cn1)c(-c1cnn(C)c1)nn2[C@H]1CC[C@@H](Oc2ncccc2C(F)(F)F)CC1. The second kappa shape index (κ2) is 8.62. The third kappa shape index (κ3) is 4.17. The molecule has 0 amide bonds. The Kier molecular flexibility index (Phi) is 5.62. The Bertz CT molecular complexity index is 1310. The van der Waals surface area contributed by atoms with Crippen LogP contribution >= 0.6 is 0 Å². The molecule has 0 bridgehead atoms. The molecule has 11 heteroatoms. The van der Waals surface area contributed by atoms with Crippen molar-refractivity contribution >= 4 is 16.7 Å². The number of aryl methyl sites for hydroxylation is 1. The van der Waals surface area contributed by atoms with Gasteiger partial charge in [0.15, 0.2) is 0 Å². The number of ether oxygens (including phenoxy) is 1. The zero-order chi connectivity index (χ0) is 23.9. The molecule has 1 N–H and O–H groups in total. The van der Waals surface area contributed by atoms with Crippen molar-refractivity contribution < 1.29 is 17.9 Å². The van der Waals surface area contributed by atoms with E-state index in [0.29, 0.717) is 12.8 Å². The molecule has 0 saturated heterocycles. The molecule has 4 aromatic rings. The highest BCUT2D eigenvalue weighted by atomic mass is 19.4. The van der Waals surface area contributed by atoms with Gasteiger partial charge in [0.1, 0.15) is 23.2 Å². The van der Waals surface area contributed by atoms with Crippen molar-refractivity contribution in [1.29, 1.82) is 0 Å². The normalized spacial score (nSPS) is 18.9. The number of nitrogens with zero attached hydrogens (tertiary/aromatic N) is 6. The monoisotopic (exact) mass is 471 g/mol. The number of aromatic nitrogens is 6. The van der Waals surface area contributed by atoms with Gasteiger partial charge in [-0.1, -0.05) is 0 Å². The van der Waals surface area contributed by atoms with E-state index in [1.165, 1.54) is 12.3 Å². The topological polar surface area (TPSA) is 82.7 Å². The summed E-state index contributed by atoms with van der Waals surface area (Å²) in [7, 11) is 3.67. The van der Waals surface area contributed by atoms with E-state index in [2.05, 4.69) is 20.4 Å². The van der Waals surface area contributed by atoms with Gasteiger partial charge in [0.05, 0.1) is 17.8 Å². The zero-order valence-corrected chi connectivity index (χ0v) is 18.8. The number of rotatable bonds is 5. The summed E-state index contributed by atoms with van der Waals surface area (Å²) in [6.45, 7) is 0. The highest BCUT2D eigenvalue weighted by Crippen LogP contribution is 2.39. The predicted molar refractivity (Wildman–Crippen MR) is 120 cm³/mol. The average molecular weight is 471 g/mol. The smallest absolute Gasteiger partial charge is 0.421 e. The molecule has 8 nitrogen and oxygen atoms in total. The summed E-state index contributed by atoms with van der Waals surface area (Å²) in [6, 6.07) is 4.32. The number of pyridine rings is 2. The van der Waals surface area contributed by atoms with E-state index in [9.17, 15) is 13.2 Å². The van der Waals surface area contributed by atoms with Gasteiger partial charge in [0, 0.05) is 49.7 Å². The third-order valence-corrected chi connectivity index (χ3v) is 6.17. The molecule has 1 aliphatic carbocycles. The maximum Gasteiger partial charge on any atom is 0.421 e. The minimum atomic E-state index is -4.50. The highest BCUT2D eigenvalue weighted by Gasteiger charge is 2.36. The predicted octanol–water partition coefficient (Wildman–Crippen LogP) is 4.85. The molecule has 0 unspecified atom stereocenters. The first-order valence-corrected chi connectivity index (χ1v) is 11.1. The molecule has 0 atom stereocenters. The summed E-state index contributed by atoms with van der Waals surface area (Å²) in [5.74, 6) is 0.379. The van der Waals surface area contributed by atoms with Crippen LogP contribution < -0.4 is 10.1 Å². The lowest BCUT2D eigenvalue weighted by atomic mass is 9.93. The van der Waals surface area contributed by atoms with E-state index < -0.39 is 11.7 Å². The van der Waals surface area contributed by atoms with Gasteiger partial charge >= 0.3 is 6.18 Å². The molecule has 0 aromatic carbocycles. The lowest BCUT2D eigenvalue weighted by molar-refractivity contribution is -0.139. The van der Waals surface area contributed by atoms with Crippen molar-refractivity contribution in [1.82, 2.24) is 29.5 Å². The van der Waals surface area contributed by atoms with Crippen LogP contribution in [0.4, 0.5) is 19.0 Å². The average Bonchev–Trinajstić information content (AvgIpc) is 3.42. The van der Waals surface area contributed by atoms with Crippen LogP contribution in [-0.2, 0) is 13.2 Å². The third-order valence-electron chi connectivity index (χ3n) is 6.17. The van der Waals surface area contributed by atoms with Gasteiger partial charge in [-0.05, 0) is 37.8 Å². The van der Waals surface area contributed by atoms with E-state index in [0.717, 1.165) is 46.9 Å². The molecule has 0 aliphatic heterocycles. The number of alkyl halides is 3. The Balaban J connectivity index is 1.39. The van der Waals surface area contributed by atoms with Crippen LogP contribution in [0.5, 0.6) is 5.88 Å². The molecule has 4 heterocycles. The number of hydrogen-bond donors (Lipinski definition) is 1. The fraction of sp³-hybridized carbons (Fsp3) is 0.391. The fourth-order valence-corrected chi connectivity index (χ4v) is 4.47. The molecule has 0 spiro atoms. The first-order chi connectivity index (χ1) is 16.3. The van der Waals surface area contributed by atoms with Crippen molar-refractivity contribution in [3.8, 4) is 17.1 Å². The number of halogens is 3. The molecule has 1 fully saturated rings. The Labute approximate surface area is 193 Å². The summed E-state index contributed by atoms with van der Waals surface area (Å²) >= 11 is 0. The van der Waals surface area contributed by atoms with Gasteiger partial charge in [0.2, 0.25) is 5.88 Å². The van der Waals surface area contributed by atoms with Gasteiger partial charge in [-0.2, -0.15) is 23.4 Å². The number of nitrogens with one attached hydrogen (secondary N) is 1. The molecule has 5 rings (SSSR count). The lowest BCUT2D eigenvalue weighted by Crippen LogP contribution is -2.27. The van der Waals surface area contributed by atoms with E-state index in [-0.39, 0.29) is 18.0 Å². The molecular formula is C23H24F3N7O. The van der Waals surface area contributed by atoms with Crippen LogP contribution in [-0.4, -0.2) is 42.7 Å². The maximum atomic E-state index is 13.3. The number of anilines is 1. The summed E-state index contributed by atoms with van der Waals surface area (Å²) in [5, 5.41) is 13.2. The molecule has 4 aromatic heterocycles. The van der Waals surface area contributed by atoms with Crippen LogP contribution in [0.2, 0.25) is 0 Å². The van der Waals surface area contributed by atoms with Crippen molar-refractivity contribution in [2.45, 2.75) is 44.0 Å². The van der Waals surface area contributed by atoms with E-state index in [1.54, 1.807) is 10.9 Å². The molecule has 34 heavy (non-hydrogen) atoms. The fourth-order valence-electron chi connectivity index (χ4n) is 4.47. The number of fused-ring (bicyclic) bond motifs is 1. The van der Waals surface area contributed by atoms with Crippen molar-refractivity contribution in [2.75, 3.05) is 12.4 Å². The molecule has 1 saturated carbocycles. The Morgan fingerprint density at radius 1 is 1.12 bits per heavy atom. The van der Waals surface area contributed by atoms with Gasteiger partial charge in [-0.15, -0.1) is 0 Å². The summed E-state index contributed by atoms with van der Waals surface area (Å²) < 4.78 is 49.3. The highest BCUT2D eigenvalue weighted by molar-refractivity contribution is 5.93. The Morgan fingerprint density at radius 2 is 1.91 bits per heavy atom. The molecule has 0 radical (unpaired) electrons. The quantitative estimate of drug-likeness (QED) is 0.448. The van der Waals surface area contributed by atoms with Gasteiger partial charge in [-0.25, -0.2) is 9.97 Å². The number of hydrogen-bond acceptors (Lipinski definition) is 6. The van der Waals surface area contributed by atoms with E-state index in [1.807, 2.05) is 37.2 Å². The van der Waals surface area contributed by atoms with Gasteiger partial charge in [0.25, 0.3) is 0 Å². The van der Waals surface area contributed by atoms with Crippen LogP contribution in [0.3, 0.4) is 0 Å². The van der Waals surface area contributed by atoms with Crippen LogP contribution in [0, 0.1) is 0 Å². The minimum Gasteiger partial charge on any atom is -0.474 e. The zero-order valence-electron chi connectivity index (χ0n) is 18.8. The molecule has 1 aliphatic rings.